The van der Waals surface area contributed by atoms with Crippen LogP contribution in [0.15, 0.2) is 53.2 Å². The number of furan rings is 1. The highest BCUT2D eigenvalue weighted by Crippen LogP contribution is 2.43. The summed E-state index contributed by atoms with van der Waals surface area (Å²) in [7, 11) is 2.59. The molecule has 4 aromatic rings. The van der Waals surface area contributed by atoms with Crippen molar-refractivity contribution in [3.8, 4) is 11.3 Å². The van der Waals surface area contributed by atoms with Gasteiger partial charge in [-0.1, -0.05) is 31.2 Å². The number of nitrogens with zero attached hydrogens (tertiary/aromatic N) is 1. The second kappa shape index (κ2) is 11.1. The molecule has 1 saturated carbocycles. The number of benzene rings is 2. The van der Waals surface area contributed by atoms with E-state index < -0.39 is 18.0 Å². The number of hydrogen-bond acceptors (Lipinski definition) is 8. The molecule has 2 unspecified atom stereocenters. The Bertz CT molecular complexity index is 1510. The molecule has 39 heavy (non-hydrogen) atoms. The van der Waals surface area contributed by atoms with Crippen molar-refractivity contribution < 1.29 is 33.0 Å². The SMILES string of the molecule is CCC(c1[nH]cnc1C1CC1)C(Cc1ccc2oc(-c3ccccc3C(=O)OC)c(C(=O)OC)c2c1)OC=O. The lowest BCUT2D eigenvalue weighted by atomic mass is 9.88. The van der Waals surface area contributed by atoms with Gasteiger partial charge in [0.1, 0.15) is 17.3 Å². The quantitative estimate of drug-likeness (QED) is 0.152. The van der Waals surface area contributed by atoms with E-state index in [2.05, 4.69) is 16.9 Å². The van der Waals surface area contributed by atoms with Crippen LogP contribution < -0.4 is 0 Å². The Kier molecular flexibility index (Phi) is 7.49. The van der Waals surface area contributed by atoms with Gasteiger partial charge in [0.05, 0.1) is 31.8 Å². The van der Waals surface area contributed by atoms with E-state index in [1.165, 1.54) is 14.2 Å². The van der Waals surface area contributed by atoms with Gasteiger partial charge in [0.25, 0.3) is 6.47 Å². The summed E-state index contributed by atoms with van der Waals surface area (Å²) >= 11 is 0. The molecule has 9 heteroatoms. The number of imidazole rings is 1. The van der Waals surface area contributed by atoms with Gasteiger partial charge in [-0.25, -0.2) is 14.6 Å². The van der Waals surface area contributed by atoms with Crippen molar-refractivity contribution in [3.63, 3.8) is 0 Å². The number of carbonyl (C=O) groups excluding carboxylic acids is 3. The van der Waals surface area contributed by atoms with E-state index in [1.807, 2.05) is 12.1 Å². The highest BCUT2D eigenvalue weighted by atomic mass is 16.5. The van der Waals surface area contributed by atoms with Gasteiger partial charge >= 0.3 is 11.9 Å². The zero-order valence-corrected chi connectivity index (χ0v) is 22.1. The number of hydrogen-bond donors (Lipinski definition) is 1. The number of ether oxygens (including phenoxy) is 3. The van der Waals surface area contributed by atoms with E-state index in [0.717, 1.165) is 36.2 Å². The van der Waals surface area contributed by atoms with E-state index >= 15 is 0 Å². The molecule has 0 radical (unpaired) electrons. The van der Waals surface area contributed by atoms with E-state index in [4.69, 9.17) is 18.6 Å². The molecule has 2 heterocycles. The molecule has 202 valence electrons. The van der Waals surface area contributed by atoms with Crippen LogP contribution in [0.2, 0.25) is 0 Å². The first-order valence-electron chi connectivity index (χ1n) is 12.9. The summed E-state index contributed by atoms with van der Waals surface area (Å²) in [5.41, 5.74) is 4.25. The molecule has 2 aromatic heterocycles. The van der Waals surface area contributed by atoms with Crippen LogP contribution in [0.1, 0.15) is 75.7 Å². The van der Waals surface area contributed by atoms with E-state index in [9.17, 15) is 14.4 Å². The molecule has 1 N–H and O–H groups in total. The summed E-state index contributed by atoms with van der Waals surface area (Å²) in [6, 6.07) is 12.3. The van der Waals surface area contributed by atoms with Gasteiger partial charge in [-0.15, -0.1) is 0 Å². The lowest BCUT2D eigenvalue weighted by Crippen LogP contribution is -2.25. The first-order chi connectivity index (χ1) is 19.0. The van der Waals surface area contributed by atoms with Crippen molar-refractivity contribution in [3.05, 3.63) is 76.9 Å². The van der Waals surface area contributed by atoms with Gasteiger partial charge in [-0.3, -0.25) is 4.79 Å². The smallest absolute Gasteiger partial charge is 0.342 e. The maximum Gasteiger partial charge on any atom is 0.342 e. The Morgan fingerprint density at radius 2 is 1.90 bits per heavy atom. The number of carbonyl (C=O) groups is 3. The van der Waals surface area contributed by atoms with Crippen LogP contribution in [0.5, 0.6) is 0 Å². The average molecular weight is 531 g/mol. The lowest BCUT2D eigenvalue weighted by molar-refractivity contribution is -0.134. The fourth-order valence-corrected chi connectivity index (χ4v) is 5.27. The predicted molar refractivity (Wildman–Crippen MR) is 143 cm³/mol. The van der Waals surface area contributed by atoms with Gasteiger partial charge in [-0.05, 0) is 43.0 Å². The number of rotatable bonds is 11. The molecule has 1 aliphatic carbocycles. The van der Waals surface area contributed by atoms with E-state index in [0.29, 0.717) is 35.3 Å². The summed E-state index contributed by atoms with van der Waals surface area (Å²) < 4.78 is 21.8. The number of aromatic amines is 1. The predicted octanol–water partition coefficient (Wildman–Crippen LogP) is 5.55. The average Bonchev–Trinajstić information content (AvgIpc) is 3.57. The molecule has 0 amide bonds. The topological polar surface area (TPSA) is 121 Å². The molecule has 9 nitrogen and oxygen atoms in total. The molecule has 2 aromatic carbocycles. The van der Waals surface area contributed by atoms with Gasteiger partial charge in [0, 0.05) is 34.9 Å². The summed E-state index contributed by atoms with van der Waals surface area (Å²) in [4.78, 5) is 44.8. The minimum Gasteiger partial charge on any atom is -0.465 e. The van der Waals surface area contributed by atoms with Gasteiger partial charge in [0.2, 0.25) is 0 Å². The third-order valence-electron chi connectivity index (χ3n) is 7.31. The normalized spacial score (nSPS) is 14.5. The molecule has 0 spiro atoms. The van der Waals surface area contributed by atoms with Crippen molar-refractivity contribution in [1.82, 2.24) is 9.97 Å². The first-order valence-corrected chi connectivity index (χ1v) is 12.9. The second-order valence-corrected chi connectivity index (χ2v) is 9.63. The van der Waals surface area contributed by atoms with Gasteiger partial charge < -0.3 is 23.6 Å². The molecule has 2 atom stereocenters. The highest BCUT2D eigenvalue weighted by Gasteiger charge is 2.34. The maximum absolute atomic E-state index is 13.0. The third kappa shape index (κ3) is 5.04. The van der Waals surface area contributed by atoms with Crippen LogP contribution in [-0.4, -0.2) is 48.7 Å². The summed E-state index contributed by atoms with van der Waals surface area (Å²) in [6.07, 6.45) is 4.64. The third-order valence-corrected chi connectivity index (χ3v) is 7.31. The fraction of sp³-hybridized carbons (Fsp3) is 0.333. The van der Waals surface area contributed by atoms with Crippen molar-refractivity contribution in [2.24, 2.45) is 0 Å². The Hall–Kier alpha value is -4.40. The Labute approximate surface area is 225 Å². The minimum absolute atomic E-state index is 0.0732. The number of fused-ring (bicyclic) bond motifs is 1. The molecule has 0 saturated heterocycles. The standard InChI is InChI=1S/C30H30N2O7/c1-4-19(27-26(18-10-11-18)31-15-32-27)24(38-16-33)14-17-9-12-23-22(13-17)25(30(35)37-3)28(39-23)20-7-5-6-8-21(20)29(34)36-2/h5-9,12-13,15-16,18-19,24H,4,10-11,14H2,1-3H3,(H,31,32). The number of esters is 2. The number of nitrogens with one attached hydrogen (secondary N) is 1. The Morgan fingerprint density at radius 1 is 1.13 bits per heavy atom. The Balaban J connectivity index is 1.56. The first kappa shape index (κ1) is 26.2. The van der Waals surface area contributed by atoms with Crippen LogP contribution in [0.4, 0.5) is 0 Å². The molecule has 5 rings (SSSR count). The van der Waals surface area contributed by atoms with Crippen LogP contribution in [0.3, 0.4) is 0 Å². The number of H-pyrrole nitrogens is 1. The van der Waals surface area contributed by atoms with Crippen molar-refractivity contribution >= 4 is 29.4 Å². The molecule has 1 fully saturated rings. The Morgan fingerprint density at radius 3 is 2.59 bits per heavy atom. The summed E-state index contributed by atoms with van der Waals surface area (Å²) in [5.74, 6) is -0.552. The molecule has 0 aliphatic heterocycles. The van der Waals surface area contributed by atoms with Crippen LogP contribution in [0.25, 0.3) is 22.3 Å². The molecule has 1 aliphatic rings. The van der Waals surface area contributed by atoms with Crippen molar-refractivity contribution in [2.45, 2.75) is 50.5 Å². The minimum atomic E-state index is -0.598. The van der Waals surface area contributed by atoms with Crippen LogP contribution in [-0.2, 0) is 25.4 Å². The van der Waals surface area contributed by atoms with E-state index in [1.54, 1.807) is 36.7 Å². The van der Waals surface area contributed by atoms with Crippen LogP contribution >= 0.6 is 0 Å². The zero-order chi connectivity index (χ0) is 27.5. The molecular formula is C30H30N2O7. The highest BCUT2D eigenvalue weighted by molar-refractivity contribution is 6.10. The van der Waals surface area contributed by atoms with Gasteiger partial charge in [0.15, 0.2) is 5.76 Å². The number of aromatic nitrogens is 2. The second-order valence-electron chi connectivity index (χ2n) is 9.63. The van der Waals surface area contributed by atoms with Crippen molar-refractivity contribution in [1.29, 1.82) is 0 Å². The molecule has 0 bridgehead atoms. The monoisotopic (exact) mass is 530 g/mol. The van der Waals surface area contributed by atoms with Crippen LogP contribution in [0, 0.1) is 0 Å². The largest absolute Gasteiger partial charge is 0.465 e. The van der Waals surface area contributed by atoms with Crippen molar-refractivity contribution in [2.75, 3.05) is 14.2 Å². The summed E-state index contributed by atoms with van der Waals surface area (Å²) in [6.45, 7) is 2.54. The fourth-order valence-electron chi connectivity index (χ4n) is 5.27. The number of methoxy groups -OCH3 is 2. The zero-order valence-electron chi connectivity index (χ0n) is 22.1. The maximum atomic E-state index is 13.0. The van der Waals surface area contributed by atoms with Gasteiger partial charge in [-0.2, -0.15) is 0 Å². The lowest BCUT2D eigenvalue weighted by Gasteiger charge is -2.25. The van der Waals surface area contributed by atoms with E-state index in [-0.39, 0.29) is 22.8 Å². The molecular weight excluding hydrogens is 500 g/mol. The summed E-state index contributed by atoms with van der Waals surface area (Å²) in [5, 5.41) is 0.534.